The molecular weight excluding hydrogens is 258 g/mol. The van der Waals surface area contributed by atoms with Crippen molar-refractivity contribution in [2.75, 3.05) is 0 Å². The number of hydrogen-bond donors (Lipinski definition) is 1. The Morgan fingerprint density at radius 3 is 2.84 bits per heavy atom. The maximum Gasteiger partial charge on any atom is 0.260 e. The summed E-state index contributed by atoms with van der Waals surface area (Å²) in [5.74, 6) is 0. The fraction of sp³-hybridized carbons (Fsp3) is 0.214. The zero-order valence-corrected chi connectivity index (χ0v) is 11.5. The van der Waals surface area contributed by atoms with Gasteiger partial charge < -0.3 is 10.3 Å². The second-order valence-corrected chi connectivity index (χ2v) is 4.76. The number of nitrogens with two attached hydrogens (primary N) is 1. The molecule has 0 aliphatic carbocycles. The van der Waals surface area contributed by atoms with E-state index in [4.69, 9.17) is 18.0 Å². The van der Waals surface area contributed by atoms with Gasteiger partial charge >= 0.3 is 0 Å². The van der Waals surface area contributed by atoms with Gasteiger partial charge in [0.2, 0.25) is 0 Å². The number of rotatable bonds is 4. The SMILES string of the molecule is Cc1ccc(C(N)=S)c(=O)n1CCc1cccnc1. The lowest BCUT2D eigenvalue weighted by Gasteiger charge is -2.11. The van der Waals surface area contributed by atoms with Crippen LogP contribution in [0.3, 0.4) is 0 Å². The molecule has 2 aromatic rings. The first-order valence-corrected chi connectivity index (χ1v) is 6.39. The van der Waals surface area contributed by atoms with E-state index in [9.17, 15) is 4.79 Å². The van der Waals surface area contributed by atoms with E-state index >= 15 is 0 Å². The van der Waals surface area contributed by atoms with Crippen LogP contribution in [-0.4, -0.2) is 14.5 Å². The summed E-state index contributed by atoms with van der Waals surface area (Å²) in [6.07, 6.45) is 4.28. The molecule has 0 radical (unpaired) electrons. The van der Waals surface area contributed by atoms with E-state index < -0.39 is 0 Å². The molecule has 0 fully saturated rings. The standard InChI is InChI=1S/C14H15N3OS/c1-10-4-5-12(13(15)19)14(18)17(10)8-6-11-3-2-7-16-9-11/h2-5,7,9H,6,8H2,1H3,(H2,15,19). The normalized spacial score (nSPS) is 10.4. The molecule has 0 bridgehead atoms. The monoisotopic (exact) mass is 273 g/mol. The van der Waals surface area contributed by atoms with Crippen molar-refractivity contribution in [3.05, 3.63) is 63.8 Å². The van der Waals surface area contributed by atoms with E-state index in [-0.39, 0.29) is 10.5 Å². The van der Waals surface area contributed by atoms with Crippen molar-refractivity contribution in [1.29, 1.82) is 0 Å². The quantitative estimate of drug-likeness (QED) is 0.856. The van der Waals surface area contributed by atoms with Gasteiger partial charge in [0, 0.05) is 24.6 Å². The maximum absolute atomic E-state index is 12.2. The molecule has 2 rings (SSSR count). The molecule has 4 nitrogen and oxygen atoms in total. The molecule has 2 N–H and O–H groups in total. The molecule has 19 heavy (non-hydrogen) atoms. The molecule has 2 aromatic heterocycles. The molecule has 0 aromatic carbocycles. The average molecular weight is 273 g/mol. The molecule has 0 amide bonds. The van der Waals surface area contributed by atoms with Gasteiger partial charge in [-0.15, -0.1) is 0 Å². The molecule has 0 unspecified atom stereocenters. The third-order valence-corrected chi connectivity index (χ3v) is 3.22. The maximum atomic E-state index is 12.2. The molecule has 98 valence electrons. The summed E-state index contributed by atoms with van der Waals surface area (Å²) in [5, 5.41) is 0. The second kappa shape index (κ2) is 5.75. The van der Waals surface area contributed by atoms with Crippen LogP contribution in [0.15, 0.2) is 41.5 Å². The molecule has 0 spiro atoms. The predicted octanol–water partition coefficient (Wildman–Crippen LogP) is 1.43. The van der Waals surface area contributed by atoms with Crippen LogP contribution in [-0.2, 0) is 13.0 Å². The van der Waals surface area contributed by atoms with E-state index in [1.54, 1.807) is 23.0 Å². The lowest BCUT2D eigenvalue weighted by molar-refractivity contribution is 0.647. The Kier molecular flexibility index (Phi) is 4.06. The molecular formula is C14H15N3OS. The van der Waals surface area contributed by atoms with E-state index in [0.29, 0.717) is 12.1 Å². The molecule has 5 heteroatoms. The van der Waals surface area contributed by atoms with Gasteiger partial charge in [0.1, 0.15) is 4.99 Å². The summed E-state index contributed by atoms with van der Waals surface area (Å²) < 4.78 is 1.70. The first-order chi connectivity index (χ1) is 9.09. The van der Waals surface area contributed by atoms with Gasteiger partial charge in [-0.1, -0.05) is 18.3 Å². The summed E-state index contributed by atoms with van der Waals surface area (Å²) in [7, 11) is 0. The second-order valence-electron chi connectivity index (χ2n) is 4.32. The van der Waals surface area contributed by atoms with Crippen LogP contribution >= 0.6 is 12.2 Å². The largest absolute Gasteiger partial charge is 0.389 e. The van der Waals surface area contributed by atoms with Crippen molar-refractivity contribution in [1.82, 2.24) is 9.55 Å². The van der Waals surface area contributed by atoms with Crippen LogP contribution < -0.4 is 11.3 Å². The minimum atomic E-state index is -0.128. The van der Waals surface area contributed by atoms with Crippen LogP contribution in [0.4, 0.5) is 0 Å². The van der Waals surface area contributed by atoms with Crippen molar-refractivity contribution in [2.24, 2.45) is 5.73 Å². The molecule has 0 aliphatic heterocycles. The van der Waals surface area contributed by atoms with E-state index in [0.717, 1.165) is 17.7 Å². The average Bonchev–Trinajstić information content (AvgIpc) is 2.39. The number of aryl methyl sites for hydroxylation is 2. The van der Waals surface area contributed by atoms with Crippen molar-refractivity contribution in [3.8, 4) is 0 Å². The van der Waals surface area contributed by atoms with Crippen LogP contribution in [0.25, 0.3) is 0 Å². The van der Waals surface area contributed by atoms with Crippen molar-refractivity contribution in [2.45, 2.75) is 19.9 Å². The van der Waals surface area contributed by atoms with Crippen LogP contribution in [0.5, 0.6) is 0 Å². The number of thiocarbonyl (C=S) groups is 1. The fourth-order valence-electron chi connectivity index (χ4n) is 1.92. The van der Waals surface area contributed by atoms with E-state index in [1.807, 2.05) is 25.1 Å². The Morgan fingerprint density at radius 2 is 2.21 bits per heavy atom. The van der Waals surface area contributed by atoms with Gasteiger partial charge in [0.05, 0.1) is 5.56 Å². The summed E-state index contributed by atoms with van der Waals surface area (Å²) in [6.45, 7) is 2.49. The van der Waals surface area contributed by atoms with Gasteiger partial charge in [0.25, 0.3) is 5.56 Å². The Hall–Kier alpha value is -2.01. The third-order valence-electron chi connectivity index (χ3n) is 3.00. The number of pyridine rings is 2. The van der Waals surface area contributed by atoms with Crippen LogP contribution in [0.2, 0.25) is 0 Å². The van der Waals surface area contributed by atoms with Gasteiger partial charge in [-0.25, -0.2) is 0 Å². The Bertz CT molecular complexity index is 649. The Labute approximate surface area is 116 Å². The van der Waals surface area contributed by atoms with Gasteiger partial charge in [-0.3, -0.25) is 9.78 Å². The zero-order valence-electron chi connectivity index (χ0n) is 10.7. The van der Waals surface area contributed by atoms with Crippen molar-refractivity contribution in [3.63, 3.8) is 0 Å². The third kappa shape index (κ3) is 3.06. The van der Waals surface area contributed by atoms with Crippen LogP contribution in [0.1, 0.15) is 16.8 Å². The topological polar surface area (TPSA) is 60.9 Å². The van der Waals surface area contributed by atoms with Crippen LogP contribution in [0, 0.1) is 6.92 Å². The zero-order chi connectivity index (χ0) is 13.8. The van der Waals surface area contributed by atoms with Crippen molar-refractivity contribution < 1.29 is 0 Å². The summed E-state index contributed by atoms with van der Waals surface area (Å²) >= 11 is 4.88. The lowest BCUT2D eigenvalue weighted by Crippen LogP contribution is -2.30. The molecule has 2 heterocycles. The van der Waals surface area contributed by atoms with E-state index in [2.05, 4.69) is 4.98 Å². The van der Waals surface area contributed by atoms with Crippen molar-refractivity contribution >= 4 is 17.2 Å². The Balaban J connectivity index is 2.28. The smallest absolute Gasteiger partial charge is 0.260 e. The highest BCUT2D eigenvalue weighted by Gasteiger charge is 2.08. The minimum Gasteiger partial charge on any atom is -0.389 e. The number of nitrogens with zero attached hydrogens (tertiary/aromatic N) is 2. The fourth-order valence-corrected chi connectivity index (χ4v) is 2.08. The highest BCUT2D eigenvalue weighted by molar-refractivity contribution is 7.80. The highest BCUT2D eigenvalue weighted by Crippen LogP contribution is 2.03. The lowest BCUT2D eigenvalue weighted by atomic mass is 10.2. The molecule has 0 saturated carbocycles. The first-order valence-electron chi connectivity index (χ1n) is 5.99. The molecule has 0 saturated heterocycles. The summed E-state index contributed by atoms with van der Waals surface area (Å²) in [6, 6.07) is 7.42. The van der Waals surface area contributed by atoms with E-state index in [1.165, 1.54) is 0 Å². The number of aromatic nitrogens is 2. The first kappa shape index (κ1) is 13.4. The number of hydrogen-bond acceptors (Lipinski definition) is 3. The summed E-state index contributed by atoms with van der Waals surface area (Å²) in [5.41, 5.74) is 7.81. The van der Waals surface area contributed by atoms with Gasteiger partial charge in [0.15, 0.2) is 0 Å². The molecule has 0 aliphatic rings. The molecule has 0 atom stereocenters. The van der Waals surface area contributed by atoms with Gasteiger partial charge in [-0.05, 0) is 37.1 Å². The van der Waals surface area contributed by atoms with Gasteiger partial charge in [-0.2, -0.15) is 0 Å². The predicted molar refractivity (Wildman–Crippen MR) is 79.3 cm³/mol. The Morgan fingerprint density at radius 1 is 1.42 bits per heavy atom. The summed E-state index contributed by atoms with van der Waals surface area (Å²) in [4.78, 5) is 16.4. The highest BCUT2D eigenvalue weighted by atomic mass is 32.1. The minimum absolute atomic E-state index is 0.128.